The van der Waals surface area contributed by atoms with Crippen molar-refractivity contribution in [2.45, 2.75) is 38.8 Å². The maximum absolute atomic E-state index is 12.1. The van der Waals surface area contributed by atoms with Gasteiger partial charge in [-0.3, -0.25) is 10.00 Å². The number of nitrogens with zero attached hydrogens (tertiary/aromatic N) is 3. The van der Waals surface area contributed by atoms with E-state index in [2.05, 4.69) is 27.6 Å². The molecule has 2 amide bonds. The lowest BCUT2D eigenvalue weighted by Gasteiger charge is -2.06. The van der Waals surface area contributed by atoms with Crippen LogP contribution in [-0.4, -0.2) is 20.8 Å². The molecule has 2 heterocycles. The number of benzene rings is 1. The van der Waals surface area contributed by atoms with E-state index in [-0.39, 0.29) is 6.03 Å². The highest BCUT2D eigenvalue weighted by Gasteiger charge is 2.28. The monoisotopic (exact) mass is 351 g/mol. The second-order valence-electron chi connectivity index (χ2n) is 6.41. The first-order valence-electron chi connectivity index (χ1n) is 8.83. The van der Waals surface area contributed by atoms with Crippen LogP contribution in [0.3, 0.4) is 0 Å². The molecule has 1 saturated carbocycles. The minimum absolute atomic E-state index is 0.257. The average Bonchev–Trinajstić information content (AvgIpc) is 3.19. The Hall–Kier alpha value is -3.09. The van der Waals surface area contributed by atoms with Crippen LogP contribution < -0.4 is 10.6 Å². The van der Waals surface area contributed by atoms with E-state index in [1.54, 1.807) is 6.20 Å². The number of anilines is 1. The molecule has 7 heteroatoms. The molecule has 7 nitrogen and oxygen atoms in total. The number of oxazole rings is 1. The van der Waals surface area contributed by atoms with Crippen molar-refractivity contribution in [3.8, 4) is 11.3 Å². The molecule has 0 atom stereocenters. The molecule has 0 radical (unpaired) electrons. The van der Waals surface area contributed by atoms with E-state index in [9.17, 15) is 4.79 Å². The van der Waals surface area contributed by atoms with E-state index < -0.39 is 0 Å². The highest BCUT2D eigenvalue weighted by molar-refractivity contribution is 5.88. The predicted molar refractivity (Wildman–Crippen MR) is 97.7 cm³/mol. The Morgan fingerprint density at radius 2 is 2.12 bits per heavy atom. The first-order valence-corrected chi connectivity index (χ1v) is 8.83. The summed E-state index contributed by atoms with van der Waals surface area (Å²) in [4.78, 5) is 16.0. The fourth-order valence-electron chi connectivity index (χ4n) is 2.94. The van der Waals surface area contributed by atoms with Gasteiger partial charge in [0, 0.05) is 36.3 Å². The van der Waals surface area contributed by atoms with Gasteiger partial charge in [0.2, 0.25) is 0 Å². The lowest BCUT2D eigenvalue weighted by atomic mass is 10.1. The van der Waals surface area contributed by atoms with Gasteiger partial charge >= 0.3 is 6.03 Å². The second-order valence-corrected chi connectivity index (χ2v) is 6.41. The van der Waals surface area contributed by atoms with Crippen LogP contribution in [0.15, 0.2) is 47.3 Å². The maximum atomic E-state index is 12.1. The molecule has 2 aromatic heterocycles. The molecule has 0 unspecified atom stereocenters. The van der Waals surface area contributed by atoms with Crippen molar-refractivity contribution in [3.63, 3.8) is 0 Å². The molecule has 1 fully saturated rings. The number of hydrogen-bond acceptors (Lipinski definition) is 4. The van der Waals surface area contributed by atoms with Gasteiger partial charge in [0.15, 0.2) is 18.0 Å². The molecule has 1 aliphatic rings. The van der Waals surface area contributed by atoms with Gasteiger partial charge in [-0.1, -0.05) is 24.3 Å². The second kappa shape index (κ2) is 7.03. The van der Waals surface area contributed by atoms with E-state index in [4.69, 9.17) is 4.42 Å². The fraction of sp³-hybridized carbons (Fsp3) is 0.316. The van der Waals surface area contributed by atoms with Crippen molar-refractivity contribution < 1.29 is 9.21 Å². The first-order chi connectivity index (χ1) is 12.7. The van der Waals surface area contributed by atoms with E-state index in [0.29, 0.717) is 18.3 Å². The molecule has 1 aromatic carbocycles. The Morgan fingerprint density at radius 3 is 2.77 bits per heavy atom. The highest BCUT2D eigenvalue weighted by Crippen LogP contribution is 2.40. The van der Waals surface area contributed by atoms with Crippen molar-refractivity contribution in [1.29, 1.82) is 0 Å². The van der Waals surface area contributed by atoms with Gasteiger partial charge < -0.3 is 9.73 Å². The summed E-state index contributed by atoms with van der Waals surface area (Å²) >= 11 is 0. The molecule has 134 valence electrons. The van der Waals surface area contributed by atoms with Crippen molar-refractivity contribution in [2.75, 3.05) is 5.32 Å². The van der Waals surface area contributed by atoms with Crippen LogP contribution in [0.25, 0.3) is 11.3 Å². The zero-order chi connectivity index (χ0) is 17.9. The van der Waals surface area contributed by atoms with Crippen LogP contribution in [0.4, 0.5) is 10.6 Å². The number of carbonyl (C=O) groups excluding carboxylic acids is 1. The number of carbonyl (C=O) groups is 1. The summed E-state index contributed by atoms with van der Waals surface area (Å²) in [7, 11) is 0. The zero-order valence-corrected chi connectivity index (χ0v) is 14.6. The SMILES string of the molecule is CCn1nc(NC(=O)NCc2ccc(-c3cnco3)cc2)cc1C1CC1. The molecule has 0 aliphatic heterocycles. The summed E-state index contributed by atoms with van der Waals surface area (Å²) in [6, 6.07) is 9.52. The minimum atomic E-state index is -0.257. The molecule has 4 rings (SSSR count). The first kappa shape index (κ1) is 16.4. The number of aryl methyl sites for hydroxylation is 1. The molecule has 3 aromatic rings. The molecular formula is C19H21N5O2. The quantitative estimate of drug-likeness (QED) is 0.708. The summed E-state index contributed by atoms with van der Waals surface area (Å²) in [6.07, 6.45) is 5.50. The highest BCUT2D eigenvalue weighted by atomic mass is 16.3. The zero-order valence-electron chi connectivity index (χ0n) is 14.6. The Balaban J connectivity index is 1.32. The van der Waals surface area contributed by atoms with Crippen LogP contribution >= 0.6 is 0 Å². The van der Waals surface area contributed by atoms with Gasteiger partial charge in [-0.15, -0.1) is 0 Å². The van der Waals surface area contributed by atoms with Crippen molar-refractivity contribution in [2.24, 2.45) is 0 Å². The van der Waals surface area contributed by atoms with Crippen molar-refractivity contribution in [3.05, 3.63) is 54.2 Å². The van der Waals surface area contributed by atoms with Crippen LogP contribution in [-0.2, 0) is 13.1 Å². The number of amides is 2. The van der Waals surface area contributed by atoms with E-state index in [0.717, 1.165) is 23.4 Å². The summed E-state index contributed by atoms with van der Waals surface area (Å²) < 4.78 is 7.23. The topological polar surface area (TPSA) is 85.0 Å². The lowest BCUT2D eigenvalue weighted by molar-refractivity contribution is 0.251. The van der Waals surface area contributed by atoms with E-state index in [1.807, 2.05) is 35.0 Å². The van der Waals surface area contributed by atoms with Gasteiger partial charge in [-0.05, 0) is 25.3 Å². The Bertz CT molecular complexity index is 879. The number of nitrogens with one attached hydrogen (secondary N) is 2. The number of rotatable bonds is 6. The van der Waals surface area contributed by atoms with Gasteiger partial charge in [-0.2, -0.15) is 5.10 Å². The van der Waals surface area contributed by atoms with Crippen LogP contribution in [0.1, 0.15) is 36.9 Å². The molecule has 0 saturated heterocycles. The summed E-state index contributed by atoms with van der Waals surface area (Å²) in [5.74, 6) is 1.93. The molecule has 0 spiro atoms. The van der Waals surface area contributed by atoms with Gasteiger partial charge in [0.1, 0.15) is 0 Å². The van der Waals surface area contributed by atoms with E-state index >= 15 is 0 Å². The Labute approximate surface area is 151 Å². The summed E-state index contributed by atoms with van der Waals surface area (Å²) in [5, 5.41) is 10.1. The Kier molecular flexibility index (Phi) is 4.43. The normalized spacial score (nSPS) is 13.6. The fourth-order valence-corrected chi connectivity index (χ4v) is 2.94. The van der Waals surface area contributed by atoms with Crippen molar-refractivity contribution >= 4 is 11.8 Å². The minimum Gasteiger partial charge on any atom is -0.444 e. The summed E-state index contributed by atoms with van der Waals surface area (Å²) in [5.41, 5.74) is 3.17. The third kappa shape index (κ3) is 3.61. The van der Waals surface area contributed by atoms with Crippen LogP contribution in [0.5, 0.6) is 0 Å². The maximum Gasteiger partial charge on any atom is 0.320 e. The van der Waals surface area contributed by atoms with E-state index in [1.165, 1.54) is 24.9 Å². The largest absolute Gasteiger partial charge is 0.444 e. The average molecular weight is 351 g/mol. The molecular weight excluding hydrogens is 330 g/mol. The number of aromatic nitrogens is 3. The van der Waals surface area contributed by atoms with Gasteiger partial charge in [-0.25, -0.2) is 9.78 Å². The third-order valence-electron chi connectivity index (χ3n) is 4.47. The van der Waals surface area contributed by atoms with Crippen molar-refractivity contribution in [1.82, 2.24) is 20.1 Å². The molecule has 0 bridgehead atoms. The molecule has 2 N–H and O–H groups in total. The number of urea groups is 1. The Morgan fingerprint density at radius 1 is 1.31 bits per heavy atom. The lowest BCUT2D eigenvalue weighted by Crippen LogP contribution is -2.28. The summed E-state index contributed by atoms with van der Waals surface area (Å²) in [6.45, 7) is 3.31. The van der Waals surface area contributed by atoms with Gasteiger partial charge in [0.25, 0.3) is 0 Å². The van der Waals surface area contributed by atoms with Crippen LogP contribution in [0, 0.1) is 0 Å². The number of hydrogen-bond donors (Lipinski definition) is 2. The molecule has 26 heavy (non-hydrogen) atoms. The van der Waals surface area contributed by atoms with Crippen LogP contribution in [0.2, 0.25) is 0 Å². The third-order valence-corrected chi connectivity index (χ3v) is 4.47. The predicted octanol–water partition coefficient (Wildman–Crippen LogP) is 3.76. The van der Waals surface area contributed by atoms with Gasteiger partial charge in [0.05, 0.1) is 6.20 Å². The standard InChI is InChI=1S/C19H21N5O2/c1-2-24-16(14-7-8-14)9-18(23-24)22-19(25)21-10-13-3-5-15(6-4-13)17-11-20-12-26-17/h3-6,9,11-12,14H,2,7-8,10H2,1H3,(H2,21,22,23,25). The molecule has 1 aliphatic carbocycles. The smallest absolute Gasteiger partial charge is 0.320 e.